The number of urea groups is 1. The number of carbonyl (C=O) groups is 11. The Bertz CT molecular complexity index is 2930. The molecule has 0 spiro atoms. The van der Waals surface area contributed by atoms with Crippen LogP contribution in [0.15, 0.2) is 66.7 Å². The predicted molar refractivity (Wildman–Crippen MR) is 361 cm³/mol. The number of carbonyl (C=O) groups excluding carboxylic acids is 11. The molecular formula is C69H107N11O17. The van der Waals surface area contributed by atoms with E-state index >= 15 is 0 Å². The van der Waals surface area contributed by atoms with Crippen LogP contribution in [0.5, 0.6) is 0 Å². The van der Waals surface area contributed by atoms with Crippen molar-refractivity contribution in [3.8, 4) is 0 Å². The van der Waals surface area contributed by atoms with E-state index in [0.717, 1.165) is 4.90 Å². The fraction of sp³-hybridized carbons (Fsp3) is 0.638. The van der Waals surface area contributed by atoms with Gasteiger partial charge in [-0.1, -0.05) is 111 Å². The van der Waals surface area contributed by atoms with Crippen LogP contribution < -0.4 is 37.6 Å². The van der Waals surface area contributed by atoms with Gasteiger partial charge in [-0.25, -0.2) is 9.59 Å². The average molecular weight is 1360 g/mol. The van der Waals surface area contributed by atoms with Crippen LogP contribution >= 0.6 is 0 Å². The summed E-state index contributed by atoms with van der Waals surface area (Å²) in [6.45, 7) is 18.8. The number of amides is 12. The molecule has 28 nitrogen and oxygen atoms in total. The number of rotatable bonds is 41. The van der Waals surface area contributed by atoms with Crippen molar-refractivity contribution >= 4 is 71.0 Å². The number of hydrogen-bond donors (Lipinski definition) is 8. The van der Waals surface area contributed by atoms with E-state index in [9.17, 15) is 57.8 Å². The lowest BCUT2D eigenvalue weighted by atomic mass is 9.89. The van der Waals surface area contributed by atoms with Gasteiger partial charge >= 0.3 is 12.1 Å². The summed E-state index contributed by atoms with van der Waals surface area (Å²) in [5.74, 6) is -6.28. The first kappa shape index (κ1) is 81.4. The van der Waals surface area contributed by atoms with Crippen molar-refractivity contribution in [3.05, 3.63) is 77.9 Å². The van der Waals surface area contributed by atoms with Crippen molar-refractivity contribution in [2.45, 2.75) is 181 Å². The maximum atomic E-state index is 14.8. The second kappa shape index (κ2) is 40.6. The standard InChI is InChI=1S/C69H107N11O17/c1-15-44(8)60(52(93-13)39-56(84)79-33-20-24-51(79)62(94-14)45(9)63(86)72-46(10)61(85)48-21-17-16-18-22-48)77(11)67(90)58(42(4)5)76-66(89)59(43(6)7)78(12)69(92)97-40-47-25-27-49(28-26-47)73-64(87)50(23-19-32-71-68(70)91)74-65(88)57(41(2)3)75-53(81)31-35-95-37-38-96-36-34-80-54(82)29-30-55(80)83/h16-18,21-22,25-30,41-46,50-52,57-62,85H,15,19-20,23-24,31-40H2,1-14H3,(H,72,86)(H,73,87)(H,74,88)(H,75,81)(H,76,89)(H3,70,71,91)/t44-,45+,46+,50-,51-,52?,57-,58-,59-,60-,61+,62+/m0/s1. The molecule has 2 aliphatic heterocycles. The quantitative estimate of drug-likeness (QED) is 0.0345. The molecule has 12 atom stereocenters. The predicted octanol–water partition coefficient (Wildman–Crippen LogP) is 3.94. The lowest BCUT2D eigenvalue weighted by Crippen LogP contribution is -2.60. The number of imide groups is 1. The third-order valence-corrected chi connectivity index (χ3v) is 17.7. The summed E-state index contributed by atoms with van der Waals surface area (Å²) in [6, 6.07) is 8.63. The zero-order valence-electron chi connectivity index (χ0n) is 59.0. The van der Waals surface area contributed by atoms with Crippen molar-refractivity contribution < 1.29 is 81.5 Å². The average Bonchev–Trinajstić information content (AvgIpc) is 1.80. The Morgan fingerprint density at radius 2 is 1.34 bits per heavy atom. The van der Waals surface area contributed by atoms with Crippen LogP contribution in [-0.4, -0.2) is 219 Å². The van der Waals surface area contributed by atoms with Gasteiger partial charge in [-0.3, -0.25) is 53.0 Å². The minimum absolute atomic E-state index is 0.00656. The molecule has 0 aliphatic carbocycles. The molecule has 4 rings (SSSR count). The number of ether oxygens (including phenoxy) is 5. The van der Waals surface area contributed by atoms with Crippen molar-refractivity contribution in [2.75, 3.05) is 79.7 Å². The molecule has 0 aromatic heterocycles. The van der Waals surface area contributed by atoms with E-state index in [-0.39, 0.29) is 89.5 Å². The number of primary amides is 1. The number of nitrogens with two attached hydrogens (primary N) is 1. The SMILES string of the molecule is CC[C@H](C)[C@@H](C(CC(=O)N1CCC[C@H]1[C@H](OC)[C@@H](C)C(=O)N[C@H](C)[C@@H](O)c1ccccc1)OC)N(C)C(=O)[C@@H](NC(=O)[C@H](C(C)C)N(C)C(=O)OCc1ccc(NC(=O)[C@H](CCCNC(N)=O)NC(=O)[C@@H](NC(=O)CCOCCOCCN2C(=O)C=CC2=O)C(C)C)cc1)C(C)C. The molecule has 1 unspecified atom stereocenters. The molecule has 28 heteroatoms. The van der Waals surface area contributed by atoms with Gasteiger partial charge in [-0.15, -0.1) is 0 Å². The van der Waals surface area contributed by atoms with Gasteiger partial charge in [0, 0.05) is 65.7 Å². The van der Waals surface area contributed by atoms with E-state index < -0.39 is 138 Å². The smallest absolute Gasteiger partial charge is 0.410 e. The number of likely N-dealkylation sites (tertiary alicyclic amines) is 1. The molecule has 2 aliphatic rings. The van der Waals surface area contributed by atoms with Crippen molar-refractivity contribution in [2.24, 2.45) is 35.3 Å². The summed E-state index contributed by atoms with van der Waals surface area (Å²) in [5.41, 5.74) is 6.75. The van der Waals surface area contributed by atoms with Crippen LogP contribution in [0.1, 0.15) is 131 Å². The van der Waals surface area contributed by atoms with Gasteiger partial charge in [-0.2, -0.15) is 0 Å². The van der Waals surface area contributed by atoms with Crippen LogP contribution in [0.2, 0.25) is 0 Å². The van der Waals surface area contributed by atoms with Crippen LogP contribution in [-0.2, 0) is 73.4 Å². The number of likely N-dealkylation sites (N-methyl/N-ethyl adjacent to an activating group) is 2. The van der Waals surface area contributed by atoms with Gasteiger partial charge in [0.2, 0.25) is 41.4 Å². The summed E-state index contributed by atoms with van der Waals surface area (Å²) >= 11 is 0. The summed E-state index contributed by atoms with van der Waals surface area (Å²) in [4.78, 5) is 152. The van der Waals surface area contributed by atoms with Gasteiger partial charge in [-0.05, 0) is 79.5 Å². The summed E-state index contributed by atoms with van der Waals surface area (Å²) < 4.78 is 28.7. The number of hydrogen-bond acceptors (Lipinski definition) is 17. The van der Waals surface area contributed by atoms with Gasteiger partial charge in [0.15, 0.2) is 0 Å². The second-order valence-electron chi connectivity index (χ2n) is 25.9. The number of nitrogens with zero attached hydrogens (tertiary/aromatic N) is 4. The first-order valence-electron chi connectivity index (χ1n) is 33.5. The lowest BCUT2D eigenvalue weighted by molar-refractivity contribution is -0.148. The van der Waals surface area contributed by atoms with E-state index in [0.29, 0.717) is 42.6 Å². The van der Waals surface area contributed by atoms with Gasteiger partial charge in [0.05, 0.1) is 81.7 Å². The number of methoxy groups -OCH3 is 2. The van der Waals surface area contributed by atoms with Gasteiger partial charge in [0.25, 0.3) is 11.8 Å². The molecule has 0 saturated carbocycles. The highest BCUT2D eigenvalue weighted by Crippen LogP contribution is 2.31. The van der Waals surface area contributed by atoms with Gasteiger partial charge in [0.1, 0.15) is 30.8 Å². The monoisotopic (exact) mass is 1360 g/mol. The Morgan fingerprint density at radius 1 is 0.711 bits per heavy atom. The highest BCUT2D eigenvalue weighted by atomic mass is 16.6. The Balaban J connectivity index is 1.35. The topological polar surface area (TPSA) is 365 Å². The Labute approximate surface area is 570 Å². The Kier molecular flexibility index (Phi) is 34.1. The number of aliphatic hydroxyl groups is 1. The van der Waals surface area contributed by atoms with E-state index in [1.165, 1.54) is 38.3 Å². The Hall–Kier alpha value is -8.05. The van der Waals surface area contributed by atoms with Crippen molar-refractivity contribution in [3.63, 3.8) is 0 Å². The molecule has 97 heavy (non-hydrogen) atoms. The van der Waals surface area contributed by atoms with Crippen molar-refractivity contribution in [1.82, 2.24) is 46.2 Å². The van der Waals surface area contributed by atoms with Gasteiger partial charge < -0.3 is 76.2 Å². The summed E-state index contributed by atoms with van der Waals surface area (Å²) in [7, 11) is 6.07. The van der Waals surface area contributed by atoms with Crippen molar-refractivity contribution in [1.29, 1.82) is 0 Å². The normalized spacial score (nSPS) is 17.2. The second-order valence-corrected chi connectivity index (χ2v) is 25.9. The highest BCUT2D eigenvalue weighted by Gasteiger charge is 2.44. The third-order valence-electron chi connectivity index (χ3n) is 17.7. The summed E-state index contributed by atoms with van der Waals surface area (Å²) in [6.07, 6.45) is 1.16. The fourth-order valence-electron chi connectivity index (χ4n) is 12.0. The molecule has 1 fully saturated rings. The molecular weight excluding hydrogens is 1250 g/mol. The van der Waals surface area contributed by atoms with E-state index in [2.05, 4.69) is 31.9 Å². The molecule has 0 radical (unpaired) electrons. The van der Waals surface area contributed by atoms with Crippen LogP contribution in [0.4, 0.5) is 15.3 Å². The maximum absolute atomic E-state index is 14.8. The first-order valence-corrected chi connectivity index (χ1v) is 33.5. The van der Waals surface area contributed by atoms with E-state index in [4.69, 9.17) is 29.4 Å². The largest absolute Gasteiger partial charge is 0.445 e. The minimum Gasteiger partial charge on any atom is -0.445 e. The number of aliphatic hydroxyl groups excluding tert-OH is 1. The zero-order chi connectivity index (χ0) is 72.2. The highest BCUT2D eigenvalue weighted by molar-refractivity contribution is 6.12. The number of nitrogens with one attached hydrogen (secondary N) is 6. The van der Waals surface area contributed by atoms with Crippen LogP contribution in [0, 0.1) is 29.6 Å². The fourth-order valence-corrected chi connectivity index (χ4v) is 12.0. The summed E-state index contributed by atoms with van der Waals surface area (Å²) in [5, 5.41) is 27.5. The third kappa shape index (κ3) is 24.8. The maximum Gasteiger partial charge on any atom is 0.410 e. The molecule has 9 N–H and O–H groups in total. The molecule has 540 valence electrons. The van der Waals surface area contributed by atoms with Crippen LogP contribution in [0.25, 0.3) is 0 Å². The molecule has 12 amide bonds. The number of anilines is 1. The minimum atomic E-state index is -1.13. The van der Waals surface area contributed by atoms with E-state index in [1.54, 1.807) is 109 Å². The molecule has 2 aromatic rings. The Morgan fingerprint density at radius 3 is 1.92 bits per heavy atom. The first-order chi connectivity index (χ1) is 46.0. The zero-order valence-corrected chi connectivity index (χ0v) is 59.0. The van der Waals surface area contributed by atoms with E-state index in [1.807, 2.05) is 32.0 Å². The molecule has 0 bridgehead atoms. The lowest BCUT2D eigenvalue weighted by Gasteiger charge is -2.41. The van der Waals surface area contributed by atoms with Crippen LogP contribution in [0.3, 0.4) is 0 Å². The molecule has 1 saturated heterocycles. The molecule has 2 heterocycles. The number of benzene rings is 2. The molecule has 2 aromatic carbocycles.